The third-order valence-electron chi connectivity index (χ3n) is 4.21. The number of amides is 1. The van der Waals surface area contributed by atoms with Crippen LogP contribution in [0.5, 0.6) is 0 Å². The largest absolute Gasteiger partial charge is 0.462 e. The molecule has 0 unspecified atom stereocenters. The number of benzene rings is 1. The molecule has 7 heteroatoms. The standard InChI is InChI=1S/C18H23N3O3S/c1-2-24-17(23)13-7-8-14-15(11-13)25-18(19-14)20-16(22)12-21-9-5-3-4-6-10-21/h7-8,11H,2-6,9-10,12H2,1H3,(H,19,20,22). The fourth-order valence-electron chi connectivity index (χ4n) is 2.98. The Morgan fingerprint density at radius 1 is 1.24 bits per heavy atom. The zero-order valence-corrected chi connectivity index (χ0v) is 15.2. The average molecular weight is 361 g/mol. The zero-order chi connectivity index (χ0) is 17.6. The number of carbonyl (C=O) groups is 2. The second-order valence-electron chi connectivity index (χ2n) is 6.16. The van der Waals surface area contributed by atoms with Gasteiger partial charge in [0.1, 0.15) is 0 Å². The lowest BCUT2D eigenvalue weighted by molar-refractivity contribution is -0.117. The number of ether oxygens (including phenoxy) is 1. The highest BCUT2D eigenvalue weighted by atomic mass is 32.1. The van der Waals surface area contributed by atoms with E-state index in [4.69, 9.17) is 4.74 Å². The minimum Gasteiger partial charge on any atom is -0.462 e. The van der Waals surface area contributed by atoms with Crippen LogP contribution in [0.4, 0.5) is 5.13 Å². The summed E-state index contributed by atoms with van der Waals surface area (Å²) in [7, 11) is 0. The van der Waals surface area contributed by atoms with Gasteiger partial charge >= 0.3 is 5.97 Å². The molecule has 0 spiro atoms. The maximum absolute atomic E-state index is 12.3. The lowest BCUT2D eigenvalue weighted by Crippen LogP contribution is -2.33. The van der Waals surface area contributed by atoms with Crippen LogP contribution >= 0.6 is 11.3 Å². The number of fused-ring (bicyclic) bond motifs is 1. The van der Waals surface area contributed by atoms with Crippen molar-refractivity contribution in [1.29, 1.82) is 0 Å². The molecular weight excluding hydrogens is 338 g/mol. The minimum absolute atomic E-state index is 0.0356. The van der Waals surface area contributed by atoms with Gasteiger partial charge in [-0.3, -0.25) is 9.69 Å². The minimum atomic E-state index is -0.343. The SMILES string of the molecule is CCOC(=O)c1ccc2nc(NC(=O)CN3CCCCCC3)sc2c1. The van der Waals surface area contributed by atoms with Gasteiger partial charge in [-0.05, 0) is 51.1 Å². The van der Waals surface area contributed by atoms with Gasteiger partial charge in [0.15, 0.2) is 5.13 Å². The molecule has 1 aromatic carbocycles. The van der Waals surface area contributed by atoms with Gasteiger partial charge < -0.3 is 10.1 Å². The van der Waals surface area contributed by atoms with Crippen molar-refractivity contribution >= 4 is 38.6 Å². The van der Waals surface area contributed by atoms with E-state index < -0.39 is 0 Å². The highest BCUT2D eigenvalue weighted by molar-refractivity contribution is 7.22. The summed E-state index contributed by atoms with van der Waals surface area (Å²) in [5.74, 6) is -0.379. The summed E-state index contributed by atoms with van der Waals surface area (Å²) in [5, 5.41) is 3.45. The Morgan fingerprint density at radius 2 is 2.00 bits per heavy atom. The molecule has 1 fully saturated rings. The molecule has 0 saturated carbocycles. The van der Waals surface area contributed by atoms with Gasteiger partial charge in [0.05, 0.1) is 28.9 Å². The van der Waals surface area contributed by atoms with E-state index in [1.165, 1.54) is 24.2 Å². The third kappa shape index (κ3) is 4.76. The molecule has 3 rings (SSSR count). The Balaban J connectivity index is 1.64. The molecule has 2 heterocycles. The Morgan fingerprint density at radius 3 is 2.72 bits per heavy atom. The van der Waals surface area contributed by atoms with Gasteiger partial charge in [-0.25, -0.2) is 9.78 Å². The number of carbonyl (C=O) groups excluding carboxylic acids is 2. The molecule has 134 valence electrons. The van der Waals surface area contributed by atoms with Gasteiger partial charge in [-0.1, -0.05) is 24.2 Å². The Labute approximate surface area is 151 Å². The first-order valence-corrected chi connectivity index (χ1v) is 9.57. The zero-order valence-electron chi connectivity index (χ0n) is 14.4. The van der Waals surface area contributed by atoms with E-state index >= 15 is 0 Å². The van der Waals surface area contributed by atoms with Crippen molar-refractivity contribution < 1.29 is 14.3 Å². The molecule has 6 nitrogen and oxygen atoms in total. The van der Waals surface area contributed by atoms with E-state index in [0.29, 0.717) is 23.8 Å². The number of hydrogen-bond acceptors (Lipinski definition) is 6. The van der Waals surface area contributed by atoms with E-state index in [1.807, 2.05) is 0 Å². The monoisotopic (exact) mass is 361 g/mol. The average Bonchev–Trinajstić information content (AvgIpc) is 2.80. The smallest absolute Gasteiger partial charge is 0.338 e. The van der Waals surface area contributed by atoms with Crippen LogP contribution in [0.2, 0.25) is 0 Å². The van der Waals surface area contributed by atoms with Gasteiger partial charge in [-0.2, -0.15) is 0 Å². The molecule has 0 radical (unpaired) electrons. The van der Waals surface area contributed by atoms with E-state index in [2.05, 4.69) is 15.2 Å². The van der Waals surface area contributed by atoms with Crippen LogP contribution in [0.25, 0.3) is 10.2 Å². The number of esters is 1. The van der Waals surface area contributed by atoms with Crippen molar-refractivity contribution in [2.24, 2.45) is 0 Å². The fraction of sp³-hybridized carbons (Fsp3) is 0.500. The second kappa shape index (κ2) is 8.40. The van der Waals surface area contributed by atoms with Crippen molar-refractivity contribution in [3.63, 3.8) is 0 Å². The quantitative estimate of drug-likeness (QED) is 0.828. The van der Waals surface area contributed by atoms with Crippen molar-refractivity contribution in [1.82, 2.24) is 9.88 Å². The summed E-state index contributed by atoms with van der Waals surface area (Å²) < 4.78 is 5.87. The van der Waals surface area contributed by atoms with Crippen LogP contribution in [0.15, 0.2) is 18.2 Å². The number of likely N-dealkylation sites (tertiary alicyclic amines) is 1. The molecule has 0 aliphatic carbocycles. The molecule has 1 aliphatic heterocycles. The topological polar surface area (TPSA) is 71.5 Å². The predicted octanol–water partition coefficient (Wildman–Crippen LogP) is 3.29. The number of aromatic nitrogens is 1. The lowest BCUT2D eigenvalue weighted by atomic mass is 10.2. The van der Waals surface area contributed by atoms with Crippen molar-refractivity contribution in [2.75, 3.05) is 31.6 Å². The molecule has 1 aliphatic rings. The molecule has 1 aromatic heterocycles. The Hall–Kier alpha value is -1.99. The maximum atomic E-state index is 12.3. The number of rotatable bonds is 5. The molecule has 25 heavy (non-hydrogen) atoms. The molecular formula is C18H23N3O3S. The molecule has 0 atom stereocenters. The number of nitrogens with one attached hydrogen (secondary N) is 1. The van der Waals surface area contributed by atoms with Crippen molar-refractivity contribution in [3.8, 4) is 0 Å². The van der Waals surface area contributed by atoms with Crippen LogP contribution in [-0.4, -0.2) is 48.0 Å². The molecule has 2 aromatic rings. The van der Waals surface area contributed by atoms with Gasteiger partial charge in [-0.15, -0.1) is 0 Å². The van der Waals surface area contributed by atoms with Crippen LogP contribution in [0.1, 0.15) is 43.0 Å². The second-order valence-corrected chi connectivity index (χ2v) is 7.19. The summed E-state index contributed by atoms with van der Waals surface area (Å²) >= 11 is 1.37. The number of nitrogens with zero attached hydrogens (tertiary/aromatic N) is 2. The number of thiazole rings is 1. The normalized spacial score (nSPS) is 15.7. The predicted molar refractivity (Wildman–Crippen MR) is 99.1 cm³/mol. The molecule has 0 bridgehead atoms. The van der Waals surface area contributed by atoms with Crippen molar-refractivity contribution in [2.45, 2.75) is 32.6 Å². The first kappa shape index (κ1) is 17.8. The Kier molecular flexibility index (Phi) is 5.99. The summed E-state index contributed by atoms with van der Waals surface area (Å²) in [4.78, 5) is 30.7. The summed E-state index contributed by atoms with van der Waals surface area (Å²) in [5.41, 5.74) is 1.27. The van der Waals surface area contributed by atoms with E-state index in [1.54, 1.807) is 25.1 Å². The summed E-state index contributed by atoms with van der Waals surface area (Å²) in [6, 6.07) is 5.24. The Bertz CT molecular complexity index is 751. The summed E-state index contributed by atoms with van der Waals surface area (Å²) in [6.45, 7) is 4.49. The van der Waals surface area contributed by atoms with Gasteiger partial charge in [0.25, 0.3) is 0 Å². The van der Waals surface area contributed by atoms with Crippen LogP contribution in [0.3, 0.4) is 0 Å². The van der Waals surface area contributed by atoms with E-state index in [9.17, 15) is 9.59 Å². The number of hydrogen-bond donors (Lipinski definition) is 1. The molecule has 1 N–H and O–H groups in total. The number of anilines is 1. The first-order valence-electron chi connectivity index (χ1n) is 8.75. The van der Waals surface area contributed by atoms with Crippen LogP contribution in [0, 0.1) is 0 Å². The third-order valence-corrected chi connectivity index (χ3v) is 5.15. The first-order chi connectivity index (χ1) is 12.2. The molecule has 1 saturated heterocycles. The van der Waals surface area contributed by atoms with E-state index in [-0.39, 0.29) is 11.9 Å². The maximum Gasteiger partial charge on any atom is 0.338 e. The van der Waals surface area contributed by atoms with Gasteiger partial charge in [0.2, 0.25) is 5.91 Å². The fourth-order valence-corrected chi connectivity index (χ4v) is 3.90. The van der Waals surface area contributed by atoms with E-state index in [0.717, 1.165) is 36.1 Å². The van der Waals surface area contributed by atoms with Crippen molar-refractivity contribution in [3.05, 3.63) is 23.8 Å². The highest BCUT2D eigenvalue weighted by Crippen LogP contribution is 2.27. The van der Waals surface area contributed by atoms with Gasteiger partial charge in [0, 0.05) is 0 Å². The van der Waals surface area contributed by atoms with Crippen LogP contribution < -0.4 is 5.32 Å². The lowest BCUT2D eigenvalue weighted by Gasteiger charge is -2.18. The highest BCUT2D eigenvalue weighted by Gasteiger charge is 2.15. The van der Waals surface area contributed by atoms with Crippen LogP contribution in [-0.2, 0) is 9.53 Å². The summed E-state index contributed by atoms with van der Waals surface area (Å²) in [6.07, 6.45) is 4.81. The molecule has 1 amide bonds.